The molecule has 0 radical (unpaired) electrons. The molecule has 5 aliphatic rings. The van der Waals surface area contributed by atoms with Crippen LogP contribution < -0.4 is 5.32 Å². The van der Waals surface area contributed by atoms with Crippen LogP contribution in [0.1, 0.15) is 64.5 Å². The van der Waals surface area contributed by atoms with E-state index in [0.29, 0.717) is 30.8 Å². The second-order valence-electron chi connectivity index (χ2n) is 11.7. The van der Waals surface area contributed by atoms with E-state index >= 15 is 0 Å². The fraction of sp³-hybridized carbons (Fsp3) is 0.880. The number of carbonyl (C=O) groups excluding carboxylic acids is 1. The molecule has 1 aromatic rings. The Bertz CT molecular complexity index is 858. The lowest BCUT2D eigenvalue weighted by Crippen LogP contribution is -2.70. The van der Waals surface area contributed by atoms with Gasteiger partial charge in [-0.1, -0.05) is 12.1 Å². The molecule has 0 spiro atoms. The number of piperidine rings is 1. The van der Waals surface area contributed by atoms with Crippen molar-refractivity contribution < 1.29 is 24.9 Å². The van der Waals surface area contributed by atoms with Crippen LogP contribution >= 0.6 is 0 Å². The maximum Gasteiger partial charge on any atom is 0.217 e. The largest absolute Gasteiger partial charge is 0.395 e. The summed E-state index contributed by atoms with van der Waals surface area (Å²) in [6, 6.07) is -1.58. The molecule has 4 bridgehead atoms. The highest BCUT2D eigenvalue weighted by Gasteiger charge is 2.51. The lowest BCUT2D eigenvalue weighted by molar-refractivity contribution is -0.142. The van der Waals surface area contributed by atoms with Crippen LogP contribution in [0.4, 0.5) is 0 Å². The SMILES string of the molecule is CC[C@H]1[C@H](NC(C)=O)[C@@H](O)[C@H](O)[C@@H](CO)N1Cc1cn(COCC23CC4C[C@H](C2)C[C@H](C4)C3)nn1. The van der Waals surface area contributed by atoms with Gasteiger partial charge >= 0.3 is 0 Å². The zero-order valence-electron chi connectivity index (χ0n) is 20.9. The fourth-order valence-corrected chi connectivity index (χ4v) is 8.15. The molecule has 5 atom stereocenters. The van der Waals surface area contributed by atoms with Gasteiger partial charge in [-0.15, -0.1) is 5.10 Å². The minimum atomic E-state index is -1.20. The summed E-state index contributed by atoms with van der Waals surface area (Å²) in [5.74, 6) is 2.42. The average Bonchev–Trinajstić information content (AvgIpc) is 3.23. The zero-order chi connectivity index (χ0) is 24.7. The first kappa shape index (κ1) is 25.1. The summed E-state index contributed by atoms with van der Waals surface area (Å²) in [4.78, 5) is 13.7. The van der Waals surface area contributed by atoms with Gasteiger partial charge in [0.1, 0.15) is 12.8 Å². The molecule has 4 N–H and O–H groups in total. The van der Waals surface area contributed by atoms with Crippen LogP contribution in [0.2, 0.25) is 0 Å². The van der Waals surface area contributed by atoms with Crippen LogP contribution in [0.15, 0.2) is 6.20 Å². The third kappa shape index (κ3) is 5.00. The van der Waals surface area contributed by atoms with E-state index in [0.717, 1.165) is 24.4 Å². The molecule has 10 heteroatoms. The number of nitrogens with zero attached hydrogens (tertiary/aromatic N) is 4. The Labute approximate surface area is 207 Å². The summed E-state index contributed by atoms with van der Waals surface area (Å²) in [6.45, 7) is 4.50. The van der Waals surface area contributed by atoms with Gasteiger partial charge in [0.25, 0.3) is 0 Å². The van der Waals surface area contributed by atoms with Crippen molar-refractivity contribution in [2.45, 2.75) is 102 Å². The number of ether oxygens (including phenoxy) is 1. The molecule has 1 saturated heterocycles. The number of aliphatic hydroxyl groups is 3. The van der Waals surface area contributed by atoms with Crippen molar-refractivity contribution in [3.63, 3.8) is 0 Å². The molecule has 6 rings (SSSR count). The van der Waals surface area contributed by atoms with Gasteiger partial charge in [-0.05, 0) is 68.1 Å². The second kappa shape index (κ2) is 10.0. The molecule has 0 unspecified atom stereocenters. The molecule has 35 heavy (non-hydrogen) atoms. The number of aliphatic hydroxyl groups excluding tert-OH is 3. The van der Waals surface area contributed by atoms with Crippen molar-refractivity contribution in [1.29, 1.82) is 0 Å². The summed E-state index contributed by atoms with van der Waals surface area (Å²) < 4.78 is 7.87. The van der Waals surface area contributed by atoms with Crippen molar-refractivity contribution in [2.24, 2.45) is 23.2 Å². The van der Waals surface area contributed by atoms with Gasteiger partial charge in [-0.25, -0.2) is 4.68 Å². The van der Waals surface area contributed by atoms with Gasteiger partial charge in [0.2, 0.25) is 5.91 Å². The standard InChI is InChI=1S/C25H41N5O5/c1-3-20-22(26-15(2)32)24(34)23(33)21(12-31)30(20)11-19-10-29(28-27-19)14-35-13-25-7-16-4-17(8-25)6-18(5-16)9-25/h10,16-18,20-24,31,33-34H,3-9,11-14H2,1-2H3,(H,26,32)/t16-,17-,18?,20+,21-,22+,23-,24-,25?/m1/s1. The number of nitrogens with one attached hydrogen (secondary N) is 1. The molecule has 5 fully saturated rings. The van der Waals surface area contributed by atoms with E-state index in [9.17, 15) is 20.1 Å². The van der Waals surface area contributed by atoms with Gasteiger partial charge in [0.05, 0.1) is 43.3 Å². The normalized spacial score (nSPS) is 40.8. The van der Waals surface area contributed by atoms with Crippen molar-refractivity contribution >= 4 is 5.91 Å². The Kier molecular flexibility index (Phi) is 7.20. The van der Waals surface area contributed by atoms with Crippen molar-refractivity contribution in [1.82, 2.24) is 25.2 Å². The van der Waals surface area contributed by atoms with Gasteiger partial charge in [0.15, 0.2) is 0 Å². The molecular weight excluding hydrogens is 450 g/mol. The number of amides is 1. The highest BCUT2D eigenvalue weighted by atomic mass is 16.5. The maximum atomic E-state index is 11.7. The van der Waals surface area contributed by atoms with E-state index in [2.05, 4.69) is 15.6 Å². The van der Waals surface area contributed by atoms with Gasteiger partial charge in [-0.3, -0.25) is 9.69 Å². The molecule has 4 saturated carbocycles. The summed E-state index contributed by atoms with van der Waals surface area (Å²) in [7, 11) is 0. The molecule has 1 aromatic heterocycles. The number of hydrogen-bond donors (Lipinski definition) is 4. The molecule has 1 amide bonds. The van der Waals surface area contributed by atoms with E-state index in [-0.39, 0.29) is 18.6 Å². The Balaban J connectivity index is 1.21. The predicted molar refractivity (Wildman–Crippen MR) is 127 cm³/mol. The van der Waals surface area contributed by atoms with Gasteiger partial charge in [-0.2, -0.15) is 0 Å². The lowest BCUT2D eigenvalue weighted by Gasteiger charge is -2.56. The first-order valence-electron chi connectivity index (χ1n) is 13.3. The number of aromatic nitrogens is 3. The van der Waals surface area contributed by atoms with E-state index in [4.69, 9.17) is 4.74 Å². The smallest absolute Gasteiger partial charge is 0.217 e. The Morgan fingerprint density at radius 3 is 2.37 bits per heavy atom. The van der Waals surface area contributed by atoms with E-state index in [1.54, 1.807) is 4.68 Å². The highest BCUT2D eigenvalue weighted by Crippen LogP contribution is 2.60. The van der Waals surface area contributed by atoms with Crippen LogP contribution in [0.3, 0.4) is 0 Å². The first-order chi connectivity index (χ1) is 16.8. The summed E-state index contributed by atoms with van der Waals surface area (Å²) in [5.41, 5.74) is 1.04. The van der Waals surface area contributed by atoms with E-state index < -0.39 is 24.3 Å². The van der Waals surface area contributed by atoms with Gasteiger partial charge < -0.3 is 25.4 Å². The lowest BCUT2D eigenvalue weighted by atomic mass is 9.50. The highest BCUT2D eigenvalue weighted by molar-refractivity contribution is 5.73. The molecular formula is C25H41N5O5. The van der Waals surface area contributed by atoms with Crippen molar-refractivity contribution in [2.75, 3.05) is 13.2 Å². The second-order valence-corrected chi connectivity index (χ2v) is 11.7. The van der Waals surface area contributed by atoms with Crippen molar-refractivity contribution in [3.05, 3.63) is 11.9 Å². The Morgan fingerprint density at radius 2 is 1.80 bits per heavy atom. The first-order valence-corrected chi connectivity index (χ1v) is 13.3. The van der Waals surface area contributed by atoms with E-state index in [1.807, 2.05) is 18.0 Å². The van der Waals surface area contributed by atoms with Gasteiger partial charge in [0, 0.05) is 19.5 Å². The molecule has 10 nitrogen and oxygen atoms in total. The van der Waals surface area contributed by atoms with Crippen molar-refractivity contribution in [3.8, 4) is 0 Å². The van der Waals surface area contributed by atoms with E-state index in [1.165, 1.54) is 45.4 Å². The quantitative estimate of drug-likeness (QED) is 0.396. The Hall–Kier alpha value is -1.59. The molecule has 1 aliphatic heterocycles. The van der Waals surface area contributed by atoms with Crippen LogP contribution in [-0.4, -0.2) is 84.7 Å². The number of likely N-dealkylation sites (tertiary alicyclic amines) is 1. The average molecular weight is 492 g/mol. The number of hydrogen-bond acceptors (Lipinski definition) is 8. The van der Waals surface area contributed by atoms with Crippen LogP contribution in [0.5, 0.6) is 0 Å². The zero-order valence-corrected chi connectivity index (χ0v) is 20.9. The minimum Gasteiger partial charge on any atom is -0.395 e. The summed E-state index contributed by atoms with van der Waals surface area (Å²) in [5, 5.41) is 42.6. The number of carbonyl (C=O) groups is 1. The molecule has 0 aromatic carbocycles. The minimum absolute atomic E-state index is 0.271. The number of rotatable bonds is 9. The fourth-order valence-electron chi connectivity index (χ4n) is 8.15. The molecule has 2 heterocycles. The van der Waals surface area contributed by atoms with Crippen LogP contribution in [0, 0.1) is 23.2 Å². The monoisotopic (exact) mass is 491 g/mol. The topological polar surface area (TPSA) is 133 Å². The third-order valence-electron chi connectivity index (χ3n) is 9.08. The maximum absolute atomic E-state index is 11.7. The summed E-state index contributed by atoms with van der Waals surface area (Å²) in [6.07, 6.45) is 8.28. The predicted octanol–water partition coefficient (Wildman–Crippen LogP) is 0.650. The molecule has 4 aliphatic carbocycles. The Morgan fingerprint density at radius 1 is 1.14 bits per heavy atom. The third-order valence-corrected chi connectivity index (χ3v) is 9.08. The summed E-state index contributed by atoms with van der Waals surface area (Å²) >= 11 is 0. The molecule has 196 valence electrons. The van der Waals surface area contributed by atoms with Crippen LogP contribution in [0.25, 0.3) is 0 Å². The van der Waals surface area contributed by atoms with Crippen LogP contribution in [-0.2, 0) is 22.8 Å².